The molecule has 1 aromatic rings. The van der Waals surface area contributed by atoms with E-state index in [-0.39, 0.29) is 0 Å². The minimum Gasteiger partial charge on any atom is -0.496 e. The van der Waals surface area contributed by atoms with Crippen molar-refractivity contribution in [1.29, 1.82) is 0 Å². The van der Waals surface area contributed by atoms with Gasteiger partial charge in [-0.2, -0.15) is 5.10 Å². The molecule has 0 saturated heterocycles. The molecule has 1 amide bonds. The van der Waals surface area contributed by atoms with Gasteiger partial charge in [0.2, 0.25) is 0 Å². The molecule has 1 aromatic carbocycles. The van der Waals surface area contributed by atoms with Crippen LogP contribution in [0, 0.1) is 0 Å². The van der Waals surface area contributed by atoms with Gasteiger partial charge in [-0.05, 0) is 12.1 Å². The van der Waals surface area contributed by atoms with Crippen LogP contribution < -0.4 is 10.2 Å². The number of hydrazone groups is 1. The van der Waals surface area contributed by atoms with Crippen molar-refractivity contribution < 1.29 is 14.6 Å². The van der Waals surface area contributed by atoms with Gasteiger partial charge in [-0.15, -0.1) is 0 Å². The summed E-state index contributed by atoms with van der Waals surface area (Å²) in [6.07, 6.45) is 0.184. The highest BCUT2D eigenvalue weighted by molar-refractivity contribution is 5.84. The van der Waals surface area contributed by atoms with Crippen molar-refractivity contribution >= 4 is 12.3 Å². The Labute approximate surface area is 81.0 Å². The highest BCUT2D eigenvalue weighted by Crippen LogP contribution is 2.14. The van der Waals surface area contributed by atoms with Gasteiger partial charge >= 0.3 is 6.09 Å². The van der Waals surface area contributed by atoms with Crippen molar-refractivity contribution in [2.75, 3.05) is 7.11 Å². The molecular formula is C9H10N2O3. The molecule has 5 nitrogen and oxygen atoms in total. The van der Waals surface area contributed by atoms with Crippen molar-refractivity contribution in [2.24, 2.45) is 5.10 Å². The van der Waals surface area contributed by atoms with Crippen LogP contribution in [-0.4, -0.2) is 24.5 Å². The lowest BCUT2D eigenvalue weighted by Gasteiger charge is -2.02. The fraction of sp³-hybridized carbons (Fsp3) is 0.111. The molecule has 0 radical (unpaired) electrons. The lowest BCUT2D eigenvalue weighted by molar-refractivity contribution is 0.195. The number of ether oxygens (including phenoxy) is 1. The zero-order valence-electron chi connectivity index (χ0n) is 7.60. The SMILES string of the molecule is COc1ccccc1/C=N\NC(=O)O. The summed E-state index contributed by atoms with van der Waals surface area (Å²) >= 11 is 0. The highest BCUT2D eigenvalue weighted by atomic mass is 16.5. The molecule has 0 bridgehead atoms. The van der Waals surface area contributed by atoms with Crippen molar-refractivity contribution in [3.8, 4) is 5.75 Å². The minimum absolute atomic E-state index is 0.642. The largest absolute Gasteiger partial charge is 0.496 e. The summed E-state index contributed by atoms with van der Waals surface area (Å²) in [5, 5.41) is 11.8. The predicted octanol–water partition coefficient (Wildman–Crippen LogP) is 1.30. The molecule has 0 aromatic heterocycles. The molecule has 0 fully saturated rings. The molecule has 0 atom stereocenters. The smallest absolute Gasteiger partial charge is 0.425 e. The quantitative estimate of drug-likeness (QED) is 0.562. The summed E-state index contributed by atoms with van der Waals surface area (Å²) in [5.74, 6) is 0.642. The Morgan fingerprint density at radius 2 is 2.29 bits per heavy atom. The van der Waals surface area contributed by atoms with Crippen LogP contribution in [-0.2, 0) is 0 Å². The molecule has 74 valence electrons. The van der Waals surface area contributed by atoms with Gasteiger partial charge in [0.05, 0.1) is 13.3 Å². The lowest BCUT2D eigenvalue weighted by atomic mass is 10.2. The van der Waals surface area contributed by atoms with Crippen molar-refractivity contribution in [1.82, 2.24) is 5.43 Å². The van der Waals surface area contributed by atoms with E-state index in [9.17, 15) is 4.79 Å². The van der Waals surface area contributed by atoms with E-state index in [1.807, 2.05) is 17.6 Å². The number of nitrogens with one attached hydrogen (secondary N) is 1. The Morgan fingerprint density at radius 3 is 2.93 bits per heavy atom. The van der Waals surface area contributed by atoms with E-state index >= 15 is 0 Å². The summed E-state index contributed by atoms with van der Waals surface area (Å²) in [6, 6.07) is 7.17. The molecule has 14 heavy (non-hydrogen) atoms. The molecular weight excluding hydrogens is 184 g/mol. The predicted molar refractivity (Wildman–Crippen MR) is 51.7 cm³/mol. The minimum atomic E-state index is -1.20. The Bertz CT molecular complexity index is 350. The first-order valence-corrected chi connectivity index (χ1v) is 3.89. The van der Waals surface area contributed by atoms with E-state index in [2.05, 4.69) is 5.10 Å². The summed E-state index contributed by atoms with van der Waals surface area (Å²) in [7, 11) is 1.54. The number of hydrogen-bond donors (Lipinski definition) is 2. The van der Waals surface area contributed by atoms with Crippen LogP contribution in [0.2, 0.25) is 0 Å². The third-order valence-corrected chi connectivity index (χ3v) is 1.50. The number of rotatable bonds is 3. The van der Waals surface area contributed by atoms with Gasteiger partial charge in [0, 0.05) is 5.56 Å². The summed E-state index contributed by atoms with van der Waals surface area (Å²) < 4.78 is 5.04. The van der Waals surface area contributed by atoms with E-state index in [1.165, 1.54) is 13.3 Å². The van der Waals surface area contributed by atoms with Gasteiger partial charge in [0.1, 0.15) is 5.75 Å². The molecule has 0 aliphatic carbocycles. The Kier molecular flexibility index (Phi) is 3.49. The second-order valence-corrected chi connectivity index (χ2v) is 2.42. The first-order valence-electron chi connectivity index (χ1n) is 3.89. The summed E-state index contributed by atoms with van der Waals surface area (Å²) in [5.41, 5.74) is 2.59. The first-order chi connectivity index (χ1) is 6.74. The lowest BCUT2D eigenvalue weighted by Crippen LogP contribution is -2.13. The summed E-state index contributed by atoms with van der Waals surface area (Å²) in [4.78, 5) is 10.1. The molecule has 1 rings (SSSR count). The van der Waals surface area contributed by atoms with Gasteiger partial charge < -0.3 is 9.84 Å². The van der Waals surface area contributed by atoms with Crippen molar-refractivity contribution in [2.45, 2.75) is 0 Å². The molecule has 0 saturated carbocycles. The topological polar surface area (TPSA) is 70.9 Å². The molecule has 0 aliphatic rings. The number of benzene rings is 1. The zero-order valence-corrected chi connectivity index (χ0v) is 7.60. The van der Waals surface area contributed by atoms with Crippen LogP contribution in [0.25, 0.3) is 0 Å². The van der Waals surface area contributed by atoms with Crippen LogP contribution in [0.5, 0.6) is 5.75 Å². The number of methoxy groups -OCH3 is 1. The van der Waals surface area contributed by atoms with Crippen molar-refractivity contribution in [3.63, 3.8) is 0 Å². The van der Waals surface area contributed by atoms with Gasteiger partial charge in [-0.25, -0.2) is 10.2 Å². The molecule has 0 aliphatic heterocycles. The second-order valence-electron chi connectivity index (χ2n) is 2.42. The summed E-state index contributed by atoms with van der Waals surface area (Å²) in [6.45, 7) is 0. The first kappa shape index (κ1) is 10.0. The normalized spacial score (nSPS) is 10.1. The number of carbonyl (C=O) groups is 1. The maximum Gasteiger partial charge on any atom is 0.425 e. The number of hydrogen-bond acceptors (Lipinski definition) is 3. The molecule has 0 spiro atoms. The third kappa shape index (κ3) is 2.78. The molecule has 0 heterocycles. The van der Waals surface area contributed by atoms with Crippen LogP contribution in [0.15, 0.2) is 29.4 Å². The van der Waals surface area contributed by atoms with Gasteiger partial charge in [0.25, 0.3) is 0 Å². The Balaban J connectivity index is 2.75. The van der Waals surface area contributed by atoms with Crippen molar-refractivity contribution in [3.05, 3.63) is 29.8 Å². The number of carboxylic acid groups (broad SMARTS) is 1. The molecule has 0 unspecified atom stereocenters. The monoisotopic (exact) mass is 194 g/mol. The average molecular weight is 194 g/mol. The molecule has 5 heteroatoms. The van der Waals surface area contributed by atoms with Crippen LogP contribution in [0.4, 0.5) is 4.79 Å². The fourth-order valence-electron chi connectivity index (χ4n) is 0.930. The van der Waals surface area contributed by atoms with Gasteiger partial charge in [-0.1, -0.05) is 12.1 Å². The van der Waals surface area contributed by atoms with Crippen LogP contribution in [0.1, 0.15) is 5.56 Å². The Hall–Kier alpha value is -2.04. The van der Waals surface area contributed by atoms with E-state index in [1.54, 1.807) is 12.1 Å². The fourth-order valence-corrected chi connectivity index (χ4v) is 0.930. The standard InChI is InChI=1S/C9H10N2O3/c1-14-8-5-3-2-4-7(8)6-10-11-9(12)13/h2-6,11H,1H3,(H,12,13)/b10-6-. The number of nitrogens with zero attached hydrogens (tertiary/aromatic N) is 1. The highest BCUT2D eigenvalue weighted by Gasteiger charge is 1.97. The maximum absolute atomic E-state index is 10.1. The number of para-hydroxylation sites is 1. The van der Waals surface area contributed by atoms with Gasteiger partial charge in [0.15, 0.2) is 0 Å². The van der Waals surface area contributed by atoms with Gasteiger partial charge in [-0.3, -0.25) is 0 Å². The van der Waals surface area contributed by atoms with Crippen LogP contribution >= 0.6 is 0 Å². The number of amides is 1. The van der Waals surface area contributed by atoms with E-state index in [0.717, 1.165) is 0 Å². The molecule has 2 N–H and O–H groups in total. The maximum atomic E-state index is 10.1. The van der Waals surface area contributed by atoms with E-state index in [0.29, 0.717) is 11.3 Å². The van der Waals surface area contributed by atoms with E-state index in [4.69, 9.17) is 9.84 Å². The zero-order chi connectivity index (χ0) is 10.4. The second kappa shape index (κ2) is 4.86. The average Bonchev–Trinajstić information content (AvgIpc) is 2.18. The third-order valence-electron chi connectivity index (χ3n) is 1.50. The Morgan fingerprint density at radius 1 is 1.57 bits per heavy atom. The van der Waals surface area contributed by atoms with E-state index < -0.39 is 6.09 Å². The van der Waals surface area contributed by atoms with Crippen LogP contribution in [0.3, 0.4) is 0 Å².